The maximum atomic E-state index is 13.3. The van der Waals surface area contributed by atoms with Crippen LogP contribution in [0.5, 0.6) is 5.75 Å². The van der Waals surface area contributed by atoms with Crippen molar-refractivity contribution in [2.24, 2.45) is 0 Å². The van der Waals surface area contributed by atoms with Crippen LogP contribution in [-0.4, -0.2) is 61.2 Å². The molecule has 3 atom stereocenters. The van der Waals surface area contributed by atoms with E-state index >= 15 is 0 Å². The number of nitrogens with zero attached hydrogens (tertiary/aromatic N) is 1. The number of amides is 4. The molecule has 0 aliphatic carbocycles. The number of hydrogen-bond acceptors (Lipinski definition) is 5. The molecule has 0 unspecified atom stereocenters. The molecule has 2 aliphatic rings. The number of rotatable bonds is 5. The number of urea groups is 1. The molecule has 4 amide bonds. The Morgan fingerprint density at radius 3 is 2.54 bits per heavy atom. The number of benzene rings is 2. The van der Waals surface area contributed by atoms with E-state index in [2.05, 4.69) is 16.0 Å². The highest BCUT2D eigenvalue weighted by molar-refractivity contribution is 6.02. The smallest absolute Gasteiger partial charge is 0.323 e. The summed E-state index contributed by atoms with van der Waals surface area (Å²) < 4.78 is 25.2. The van der Waals surface area contributed by atoms with Crippen LogP contribution in [0.4, 0.5) is 20.6 Å². The first kappa shape index (κ1) is 24.5. The van der Waals surface area contributed by atoms with Gasteiger partial charge in [-0.25, -0.2) is 9.18 Å². The first-order valence-corrected chi connectivity index (χ1v) is 11.6. The van der Waals surface area contributed by atoms with Crippen molar-refractivity contribution in [3.05, 3.63) is 53.8 Å². The van der Waals surface area contributed by atoms with Gasteiger partial charge in [0.15, 0.2) is 0 Å². The molecule has 0 bridgehead atoms. The van der Waals surface area contributed by atoms with Crippen LogP contribution in [0.2, 0.25) is 0 Å². The van der Waals surface area contributed by atoms with Gasteiger partial charge in [-0.3, -0.25) is 9.59 Å². The third kappa shape index (κ3) is 5.89. The summed E-state index contributed by atoms with van der Waals surface area (Å²) in [7, 11) is 1.73. The minimum atomic E-state index is -0.525. The molecule has 10 heteroatoms. The van der Waals surface area contributed by atoms with Crippen LogP contribution in [0.15, 0.2) is 42.5 Å². The Morgan fingerprint density at radius 2 is 1.80 bits per heavy atom. The molecule has 9 nitrogen and oxygen atoms in total. The first-order chi connectivity index (χ1) is 16.8. The molecule has 3 N–H and O–H groups in total. The van der Waals surface area contributed by atoms with E-state index in [4.69, 9.17) is 9.47 Å². The van der Waals surface area contributed by atoms with Gasteiger partial charge in [0, 0.05) is 25.0 Å². The second-order valence-electron chi connectivity index (χ2n) is 8.62. The van der Waals surface area contributed by atoms with Gasteiger partial charge in [0.05, 0.1) is 24.1 Å². The normalized spacial score (nSPS) is 21.5. The molecular weight excluding hydrogens is 455 g/mol. The Hall–Kier alpha value is -3.66. The van der Waals surface area contributed by atoms with Crippen LogP contribution < -0.4 is 20.7 Å². The zero-order valence-corrected chi connectivity index (χ0v) is 19.7. The molecule has 35 heavy (non-hydrogen) atoms. The van der Waals surface area contributed by atoms with E-state index in [1.807, 2.05) is 6.92 Å². The van der Waals surface area contributed by atoms with Crippen LogP contribution >= 0.6 is 0 Å². The van der Waals surface area contributed by atoms with E-state index in [-0.39, 0.29) is 43.1 Å². The van der Waals surface area contributed by atoms with Crippen LogP contribution in [-0.2, 0) is 9.53 Å². The molecule has 4 rings (SSSR count). The topological polar surface area (TPSA) is 109 Å². The molecule has 2 heterocycles. The van der Waals surface area contributed by atoms with E-state index in [9.17, 15) is 18.8 Å². The Kier molecular flexibility index (Phi) is 7.50. The number of nitrogens with one attached hydrogen (secondary N) is 3. The van der Waals surface area contributed by atoms with Crippen LogP contribution in [0.25, 0.3) is 0 Å². The molecule has 2 aromatic rings. The summed E-state index contributed by atoms with van der Waals surface area (Å²) in [5.41, 5.74) is 1.17. The highest BCUT2D eigenvalue weighted by atomic mass is 19.1. The maximum absolute atomic E-state index is 13.3. The van der Waals surface area contributed by atoms with Crippen molar-refractivity contribution in [3.8, 4) is 5.75 Å². The van der Waals surface area contributed by atoms with E-state index < -0.39 is 11.8 Å². The number of carbonyl (C=O) groups is 3. The molecule has 186 valence electrons. The predicted octanol–water partition coefficient (Wildman–Crippen LogP) is 3.38. The molecule has 0 spiro atoms. The van der Waals surface area contributed by atoms with Gasteiger partial charge < -0.3 is 30.3 Å². The minimum Gasteiger partial charge on any atom is -0.490 e. The first-order valence-electron chi connectivity index (χ1n) is 11.6. The quantitative estimate of drug-likeness (QED) is 0.603. The summed E-state index contributed by atoms with van der Waals surface area (Å²) in [5, 5.41) is 8.09. The summed E-state index contributed by atoms with van der Waals surface area (Å²) in [6.45, 7) is 2.67. The number of fused-ring (bicyclic) bond motifs is 2. The van der Waals surface area contributed by atoms with Crippen LogP contribution in [0.1, 0.15) is 36.5 Å². The van der Waals surface area contributed by atoms with E-state index in [0.717, 1.165) is 0 Å². The lowest BCUT2D eigenvalue weighted by atomic mass is 9.94. The zero-order chi connectivity index (χ0) is 24.9. The lowest BCUT2D eigenvalue weighted by Gasteiger charge is -2.42. The van der Waals surface area contributed by atoms with E-state index in [1.165, 1.54) is 24.3 Å². The Bertz CT molecular complexity index is 1090. The van der Waals surface area contributed by atoms with Gasteiger partial charge in [-0.05, 0) is 62.2 Å². The van der Waals surface area contributed by atoms with Gasteiger partial charge in [0.25, 0.3) is 5.91 Å². The molecule has 1 saturated heterocycles. The fourth-order valence-electron chi connectivity index (χ4n) is 4.41. The highest BCUT2D eigenvalue weighted by Gasteiger charge is 2.39. The van der Waals surface area contributed by atoms with Crippen molar-refractivity contribution in [3.63, 3.8) is 0 Å². The average molecular weight is 485 g/mol. The molecule has 0 radical (unpaired) electrons. The number of likely N-dealkylation sites (N-methyl/N-ethyl adjacent to an activating group) is 1. The van der Waals surface area contributed by atoms with Crippen molar-refractivity contribution in [1.82, 2.24) is 10.2 Å². The minimum absolute atomic E-state index is 0.0546. The van der Waals surface area contributed by atoms with Crippen molar-refractivity contribution in [2.75, 3.05) is 30.8 Å². The molecule has 2 aromatic carbocycles. The number of carbonyl (C=O) groups excluding carboxylic acids is 3. The standard InChI is InChI=1S/C25H29FN4O5/c1-3-27-23(31)13-18-9-10-20-22(35-18)14-34-21-11-8-17(12-19(21)24(32)30(20)2)29-25(33)28-16-6-4-15(26)5-7-16/h4-8,11-12,18,20,22H,3,9-10,13-14H2,1-2H3,(H,27,31)(H2,28,29,33)/t18-,20-,22-/m0/s1. The van der Waals surface area contributed by atoms with Gasteiger partial charge in [-0.2, -0.15) is 0 Å². The average Bonchev–Trinajstić information content (AvgIpc) is 2.83. The largest absolute Gasteiger partial charge is 0.490 e. The van der Waals surface area contributed by atoms with Gasteiger partial charge in [0.1, 0.15) is 24.3 Å². The molecule has 0 saturated carbocycles. The molecular formula is C25H29FN4O5. The summed E-state index contributed by atoms with van der Waals surface area (Å²) in [6.07, 6.45) is 1.05. The predicted molar refractivity (Wildman–Crippen MR) is 128 cm³/mol. The van der Waals surface area contributed by atoms with Crippen LogP contribution in [0.3, 0.4) is 0 Å². The van der Waals surface area contributed by atoms with Crippen molar-refractivity contribution in [1.29, 1.82) is 0 Å². The van der Waals surface area contributed by atoms with Gasteiger partial charge in [0.2, 0.25) is 5.91 Å². The van der Waals surface area contributed by atoms with Gasteiger partial charge in [-0.1, -0.05) is 0 Å². The Labute approximate surface area is 203 Å². The molecule has 1 fully saturated rings. The van der Waals surface area contributed by atoms with Crippen molar-refractivity contribution >= 4 is 29.2 Å². The van der Waals surface area contributed by atoms with Gasteiger partial charge in [-0.15, -0.1) is 0 Å². The molecule has 2 aliphatic heterocycles. The fraction of sp³-hybridized carbons (Fsp3) is 0.400. The summed E-state index contributed by atoms with van der Waals surface area (Å²) in [4.78, 5) is 39.3. The van der Waals surface area contributed by atoms with E-state index in [0.29, 0.717) is 42.1 Å². The monoisotopic (exact) mass is 484 g/mol. The van der Waals surface area contributed by atoms with Crippen molar-refractivity contribution in [2.45, 2.75) is 44.4 Å². The molecule has 0 aromatic heterocycles. The van der Waals surface area contributed by atoms with Gasteiger partial charge >= 0.3 is 6.03 Å². The second kappa shape index (κ2) is 10.7. The Morgan fingerprint density at radius 1 is 1.09 bits per heavy atom. The number of anilines is 2. The third-order valence-electron chi connectivity index (χ3n) is 6.16. The number of hydrogen-bond donors (Lipinski definition) is 3. The number of halogens is 1. The Balaban J connectivity index is 1.44. The lowest BCUT2D eigenvalue weighted by Crippen LogP contribution is -2.54. The fourth-order valence-corrected chi connectivity index (χ4v) is 4.41. The van der Waals surface area contributed by atoms with Crippen LogP contribution in [0, 0.1) is 5.82 Å². The highest BCUT2D eigenvalue weighted by Crippen LogP contribution is 2.32. The SMILES string of the molecule is CCNC(=O)C[C@@H]1CC[C@H]2[C@H](COc3ccc(NC(=O)Nc4ccc(F)cc4)cc3C(=O)N2C)O1. The van der Waals surface area contributed by atoms with Crippen molar-refractivity contribution < 1.29 is 28.2 Å². The zero-order valence-electron chi connectivity index (χ0n) is 19.7. The third-order valence-corrected chi connectivity index (χ3v) is 6.16. The summed E-state index contributed by atoms with van der Waals surface area (Å²) in [6, 6.07) is 9.51. The lowest BCUT2D eigenvalue weighted by molar-refractivity contribution is -0.133. The number of ether oxygens (including phenoxy) is 2. The maximum Gasteiger partial charge on any atom is 0.323 e. The summed E-state index contributed by atoms with van der Waals surface area (Å²) in [5.74, 6) is -0.313. The second-order valence-corrected chi connectivity index (χ2v) is 8.62. The summed E-state index contributed by atoms with van der Waals surface area (Å²) >= 11 is 0. The van der Waals surface area contributed by atoms with E-state index in [1.54, 1.807) is 30.1 Å².